The summed E-state index contributed by atoms with van der Waals surface area (Å²) >= 11 is 0. The molecule has 21 heavy (non-hydrogen) atoms. The molecule has 0 spiro atoms. The molecule has 0 saturated carbocycles. The Morgan fingerprint density at radius 1 is 1.24 bits per heavy atom. The fourth-order valence-corrected chi connectivity index (χ4v) is 2.18. The average molecular weight is 289 g/mol. The van der Waals surface area contributed by atoms with Gasteiger partial charge in [-0.3, -0.25) is 0 Å². The van der Waals surface area contributed by atoms with E-state index in [2.05, 4.69) is 5.32 Å². The number of hydrogen-bond acceptors (Lipinski definition) is 3. The number of nitrogens with one attached hydrogen (secondary N) is 1. The number of hydrogen-bond donors (Lipinski definition) is 2. The fraction of sp³-hybridized carbons (Fsp3) is 0.294. The molecule has 4 heteroatoms. The van der Waals surface area contributed by atoms with Crippen LogP contribution in [0.4, 0.5) is 4.39 Å². The second-order valence-electron chi connectivity index (χ2n) is 4.92. The van der Waals surface area contributed by atoms with E-state index >= 15 is 0 Å². The van der Waals surface area contributed by atoms with E-state index in [1.165, 1.54) is 6.07 Å². The second-order valence-corrected chi connectivity index (χ2v) is 4.92. The first-order valence-electron chi connectivity index (χ1n) is 7.03. The van der Waals surface area contributed by atoms with E-state index in [0.29, 0.717) is 11.3 Å². The predicted molar refractivity (Wildman–Crippen MR) is 80.9 cm³/mol. The van der Waals surface area contributed by atoms with Crippen LogP contribution in [0.15, 0.2) is 42.5 Å². The van der Waals surface area contributed by atoms with Gasteiger partial charge in [0.05, 0.1) is 0 Å². The van der Waals surface area contributed by atoms with Gasteiger partial charge in [-0.15, -0.1) is 0 Å². The first-order chi connectivity index (χ1) is 10.1. The summed E-state index contributed by atoms with van der Waals surface area (Å²) in [6.07, 6.45) is 0. The van der Waals surface area contributed by atoms with Crippen LogP contribution in [-0.4, -0.2) is 11.7 Å². The summed E-state index contributed by atoms with van der Waals surface area (Å²) in [4.78, 5) is 0. The summed E-state index contributed by atoms with van der Waals surface area (Å²) < 4.78 is 19.6. The normalized spacial score (nSPS) is 12.1. The molecule has 0 amide bonds. The highest BCUT2D eigenvalue weighted by atomic mass is 19.1. The molecule has 0 radical (unpaired) electrons. The van der Waals surface area contributed by atoms with Crippen LogP contribution in [0.3, 0.4) is 0 Å². The molecular weight excluding hydrogens is 269 g/mol. The van der Waals surface area contributed by atoms with Crippen molar-refractivity contribution in [2.24, 2.45) is 0 Å². The van der Waals surface area contributed by atoms with E-state index in [1.54, 1.807) is 30.3 Å². The standard InChI is InChI=1S/C17H20FNO2/c1-3-19-12(2)16-8-7-15(10-17(16)18)21-11-13-5-4-6-14(20)9-13/h4-10,12,19-20H,3,11H2,1-2H3. The van der Waals surface area contributed by atoms with Gasteiger partial charge in [-0.05, 0) is 37.2 Å². The van der Waals surface area contributed by atoms with Crippen LogP contribution in [0.1, 0.15) is 31.0 Å². The molecule has 1 atom stereocenters. The largest absolute Gasteiger partial charge is 0.508 e. The average Bonchev–Trinajstić information content (AvgIpc) is 2.45. The smallest absolute Gasteiger partial charge is 0.131 e. The fourth-order valence-electron chi connectivity index (χ4n) is 2.18. The number of rotatable bonds is 6. The van der Waals surface area contributed by atoms with Crippen molar-refractivity contribution in [2.75, 3.05) is 6.54 Å². The molecule has 0 aliphatic heterocycles. The molecule has 2 N–H and O–H groups in total. The Bertz CT molecular complexity index is 601. The summed E-state index contributed by atoms with van der Waals surface area (Å²) in [5, 5.41) is 12.6. The minimum absolute atomic E-state index is 0.0323. The van der Waals surface area contributed by atoms with E-state index in [1.807, 2.05) is 19.9 Å². The predicted octanol–water partition coefficient (Wildman–Crippen LogP) is 3.78. The number of phenolic OH excluding ortho intramolecular Hbond substituents is 1. The topological polar surface area (TPSA) is 41.5 Å². The maximum Gasteiger partial charge on any atom is 0.131 e. The monoisotopic (exact) mass is 289 g/mol. The molecule has 0 saturated heterocycles. The Hall–Kier alpha value is -2.07. The van der Waals surface area contributed by atoms with Crippen LogP contribution >= 0.6 is 0 Å². The van der Waals surface area contributed by atoms with Crippen molar-refractivity contribution in [3.05, 3.63) is 59.4 Å². The molecule has 2 aromatic rings. The SMILES string of the molecule is CCNC(C)c1ccc(OCc2cccc(O)c2)cc1F. The first kappa shape index (κ1) is 15.3. The highest BCUT2D eigenvalue weighted by Crippen LogP contribution is 2.23. The summed E-state index contributed by atoms with van der Waals surface area (Å²) in [6.45, 7) is 4.99. The van der Waals surface area contributed by atoms with E-state index in [9.17, 15) is 9.50 Å². The molecule has 2 aromatic carbocycles. The molecule has 0 bridgehead atoms. The van der Waals surface area contributed by atoms with Crippen molar-refractivity contribution in [3.63, 3.8) is 0 Å². The Morgan fingerprint density at radius 2 is 2.05 bits per heavy atom. The molecule has 0 heterocycles. The third kappa shape index (κ3) is 4.20. The zero-order valence-corrected chi connectivity index (χ0v) is 12.3. The highest BCUT2D eigenvalue weighted by molar-refractivity contribution is 5.32. The van der Waals surface area contributed by atoms with Crippen LogP contribution < -0.4 is 10.1 Å². The number of aromatic hydroxyl groups is 1. The zero-order chi connectivity index (χ0) is 15.2. The molecule has 3 nitrogen and oxygen atoms in total. The Morgan fingerprint density at radius 3 is 2.71 bits per heavy atom. The van der Waals surface area contributed by atoms with Crippen LogP contribution in [0.5, 0.6) is 11.5 Å². The molecular formula is C17H20FNO2. The summed E-state index contributed by atoms with van der Waals surface area (Å²) in [6, 6.07) is 11.7. The Kier molecular flexibility index (Phi) is 5.17. The van der Waals surface area contributed by atoms with E-state index in [0.717, 1.165) is 12.1 Å². The second kappa shape index (κ2) is 7.09. The highest BCUT2D eigenvalue weighted by Gasteiger charge is 2.10. The zero-order valence-electron chi connectivity index (χ0n) is 12.3. The number of ether oxygens (including phenoxy) is 1. The molecule has 2 rings (SSSR count). The van der Waals surface area contributed by atoms with Gasteiger partial charge in [0.25, 0.3) is 0 Å². The summed E-state index contributed by atoms with van der Waals surface area (Å²) in [5.74, 6) is 0.386. The van der Waals surface area contributed by atoms with Gasteiger partial charge in [-0.1, -0.05) is 25.1 Å². The van der Waals surface area contributed by atoms with Gasteiger partial charge in [0.1, 0.15) is 23.9 Å². The van der Waals surface area contributed by atoms with Crippen LogP contribution in [0.25, 0.3) is 0 Å². The van der Waals surface area contributed by atoms with Gasteiger partial charge < -0.3 is 15.2 Å². The van der Waals surface area contributed by atoms with Crippen molar-refractivity contribution in [2.45, 2.75) is 26.5 Å². The minimum atomic E-state index is -0.281. The van der Waals surface area contributed by atoms with Crippen molar-refractivity contribution < 1.29 is 14.2 Å². The summed E-state index contributed by atoms with van der Waals surface area (Å²) in [7, 11) is 0. The molecule has 0 fully saturated rings. The van der Waals surface area contributed by atoms with Gasteiger partial charge in [0, 0.05) is 17.7 Å². The third-order valence-corrected chi connectivity index (χ3v) is 3.26. The van der Waals surface area contributed by atoms with E-state index < -0.39 is 0 Å². The van der Waals surface area contributed by atoms with Gasteiger partial charge in [-0.2, -0.15) is 0 Å². The van der Waals surface area contributed by atoms with Crippen molar-refractivity contribution in [3.8, 4) is 11.5 Å². The quantitative estimate of drug-likeness (QED) is 0.850. The van der Waals surface area contributed by atoms with E-state index in [4.69, 9.17) is 4.74 Å². The summed E-state index contributed by atoms with van der Waals surface area (Å²) in [5.41, 5.74) is 1.46. The van der Waals surface area contributed by atoms with Gasteiger partial charge in [0.2, 0.25) is 0 Å². The van der Waals surface area contributed by atoms with Crippen LogP contribution in [0, 0.1) is 5.82 Å². The molecule has 1 unspecified atom stereocenters. The first-order valence-corrected chi connectivity index (χ1v) is 7.03. The van der Waals surface area contributed by atoms with Gasteiger partial charge in [0.15, 0.2) is 0 Å². The lowest BCUT2D eigenvalue weighted by Gasteiger charge is -2.14. The maximum absolute atomic E-state index is 14.1. The molecule has 0 aliphatic rings. The van der Waals surface area contributed by atoms with Gasteiger partial charge >= 0.3 is 0 Å². The van der Waals surface area contributed by atoms with E-state index in [-0.39, 0.29) is 24.2 Å². The van der Waals surface area contributed by atoms with Crippen LogP contribution in [-0.2, 0) is 6.61 Å². The van der Waals surface area contributed by atoms with Crippen LogP contribution in [0.2, 0.25) is 0 Å². The molecule has 0 aliphatic carbocycles. The molecule has 112 valence electrons. The third-order valence-electron chi connectivity index (χ3n) is 3.26. The minimum Gasteiger partial charge on any atom is -0.508 e. The van der Waals surface area contributed by atoms with Crippen molar-refractivity contribution in [1.29, 1.82) is 0 Å². The lowest BCUT2D eigenvalue weighted by atomic mass is 10.1. The molecule has 0 aromatic heterocycles. The van der Waals surface area contributed by atoms with Crippen molar-refractivity contribution >= 4 is 0 Å². The lowest BCUT2D eigenvalue weighted by molar-refractivity contribution is 0.303. The number of halogens is 1. The lowest BCUT2D eigenvalue weighted by Crippen LogP contribution is -2.18. The Labute approximate surface area is 124 Å². The van der Waals surface area contributed by atoms with Gasteiger partial charge in [-0.25, -0.2) is 4.39 Å². The number of phenols is 1. The van der Waals surface area contributed by atoms with Crippen molar-refractivity contribution in [1.82, 2.24) is 5.32 Å². The maximum atomic E-state index is 14.1. The number of benzene rings is 2. The Balaban J connectivity index is 2.03.